The van der Waals surface area contributed by atoms with Gasteiger partial charge in [-0.15, -0.1) is 0 Å². The molecule has 1 N–H and O–H groups in total. The third-order valence-electron chi connectivity index (χ3n) is 7.64. The summed E-state index contributed by atoms with van der Waals surface area (Å²) in [6, 6.07) is 42.0. The molecular weight excluding hydrogens is 530 g/mol. The lowest BCUT2D eigenvalue weighted by atomic mass is 9.84. The number of halogens is 1. The molecule has 0 saturated heterocycles. The van der Waals surface area contributed by atoms with Gasteiger partial charge in [0.05, 0.1) is 6.54 Å². The van der Waals surface area contributed by atoms with Gasteiger partial charge < -0.3 is 10.1 Å². The van der Waals surface area contributed by atoms with E-state index in [1.54, 1.807) is 12.1 Å². The van der Waals surface area contributed by atoms with E-state index in [-0.39, 0.29) is 30.8 Å². The molecule has 0 saturated carbocycles. The Kier molecular flexibility index (Phi) is 7.66. The number of nitrogens with one attached hydrogen (secondary N) is 1. The number of benzene rings is 5. The van der Waals surface area contributed by atoms with Gasteiger partial charge in [-0.3, -0.25) is 4.79 Å². The predicted molar refractivity (Wildman–Crippen MR) is 163 cm³/mol. The number of hydrogen-bond donors (Lipinski definition) is 1. The van der Waals surface area contributed by atoms with Crippen LogP contribution in [0, 0.1) is 0 Å². The molecule has 0 radical (unpaired) electrons. The highest BCUT2D eigenvalue weighted by Gasteiger charge is 2.29. The van der Waals surface area contributed by atoms with Crippen LogP contribution >= 0.6 is 11.6 Å². The molecule has 0 spiro atoms. The minimum atomic E-state index is -0.629. The highest BCUT2D eigenvalue weighted by molar-refractivity contribution is 6.32. The number of carbonyl (C=O) groups is 2. The number of ketones is 1. The number of hydrogen-bond acceptors (Lipinski definition) is 3. The molecule has 0 fully saturated rings. The van der Waals surface area contributed by atoms with Gasteiger partial charge in [0.25, 0.3) is 0 Å². The van der Waals surface area contributed by atoms with Crippen LogP contribution < -0.4 is 5.32 Å². The molecular formula is C36H28ClNO3. The molecule has 1 aliphatic carbocycles. The van der Waals surface area contributed by atoms with E-state index in [9.17, 15) is 9.59 Å². The van der Waals surface area contributed by atoms with Crippen molar-refractivity contribution >= 4 is 23.5 Å². The molecule has 6 rings (SSSR count). The highest BCUT2D eigenvalue weighted by atomic mass is 35.5. The van der Waals surface area contributed by atoms with Crippen LogP contribution in [0.15, 0.2) is 127 Å². The summed E-state index contributed by atoms with van der Waals surface area (Å²) in [4.78, 5) is 25.6. The first-order chi connectivity index (χ1) is 20.1. The molecule has 0 aliphatic heterocycles. The highest BCUT2D eigenvalue weighted by Crippen LogP contribution is 2.44. The Morgan fingerprint density at radius 3 is 1.80 bits per heavy atom. The van der Waals surface area contributed by atoms with Crippen molar-refractivity contribution in [2.24, 2.45) is 0 Å². The van der Waals surface area contributed by atoms with Crippen molar-refractivity contribution in [3.8, 4) is 11.1 Å². The lowest BCUT2D eigenvalue weighted by molar-refractivity contribution is 0.0976. The maximum Gasteiger partial charge on any atom is 0.407 e. The summed E-state index contributed by atoms with van der Waals surface area (Å²) in [7, 11) is 0. The van der Waals surface area contributed by atoms with Gasteiger partial charge in [0.15, 0.2) is 5.78 Å². The molecule has 0 aromatic heterocycles. The normalized spacial score (nSPS) is 12.0. The summed E-state index contributed by atoms with van der Waals surface area (Å²) < 4.78 is 5.57. The Balaban J connectivity index is 1.11. The molecule has 0 atom stereocenters. The van der Waals surface area contributed by atoms with Crippen molar-refractivity contribution in [3.63, 3.8) is 0 Å². The first-order valence-corrected chi connectivity index (χ1v) is 14.0. The van der Waals surface area contributed by atoms with Crippen molar-refractivity contribution in [1.29, 1.82) is 0 Å². The molecule has 1 amide bonds. The first kappa shape index (κ1) is 26.5. The molecule has 5 aromatic rings. The van der Waals surface area contributed by atoms with Crippen molar-refractivity contribution in [2.75, 3.05) is 13.2 Å². The number of rotatable bonds is 8. The van der Waals surface area contributed by atoms with Crippen LogP contribution in [0.25, 0.3) is 11.1 Å². The Hall–Kier alpha value is -4.67. The molecule has 4 nitrogen and oxygen atoms in total. The second kappa shape index (κ2) is 11.8. The van der Waals surface area contributed by atoms with E-state index >= 15 is 0 Å². The van der Waals surface area contributed by atoms with Gasteiger partial charge in [0.1, 0.15) is 6.61 Å². The van der Waals surface area contributed by atoms with Gasteiger partial charge >= 0.3 is 6.09 Å². The Morgan fingerprint density at radius 2 is 1.24 bits per heavy atom. The predicted octanol–water partition coefficient (Wildman–Crippen LogP) is 8.24. The maximum absolute atomic E-state index is 13.0. The van der Waals surface area contributed by atoms with E-state index in [0.717, 1.165) is 38.9 Å². The lowest BCUT2D eigenvalue weighted by Crippen LogP contribution is -2.31. The van der Waals surface area contributed by atoms with Crippen LogP contribution in [0.3, 0.4) is 0 Å². The average molecular weight is 558 g/mol. The standard InChI is InChI=1S/C36H28ClNO3/c37-33-21-26(19-20-31(33)35(24-11-3-1-4-12-24)25-13-5-2-6-14-25)34(39)22-38-36(40)41-23-32-29-17-9-7-15-27(29)28-16-8-10-18-30(28)32/h1-21,32,35H,22-23H2,(H,38,40). The van der Waals surface area contributed by atoms with Crippen LogP contribution in [0.4, 0.5) is 4.79 Å². The van der Waals surface area contributed by atoms with Gasteiger partial charge in [0, 0.05) is 22.4 Å². The SMILES string of the molecule is O=C(NCC(=O)c1ccc(C(c2ccccc2)c2ccccc2)c(Cl)c1)OCC1c2ccccc2-c2ccccc21. The van der Waals surface area contributed by atoms with E-state index in [0.29, 0.717) is 10.6 Å². The van der Waals surface area contributed by atoms with E-state index in [1.807, 2.05) is 66.7 Å². The van der Waals surface area contributed by atoms with Crippen LogP contribution in [0.5, 0.6) is 0 Å². The second-order valence-electron chi connectivity index (χ2n) is 10.1. The summed E-state index contributed by atoms with van der Waals surface area (Å²) in [6.07, 6.45) is -0.629. The van der Waals surface area contributed by atoms with Crippen molar-refractivity contribution in [3.05, 3.63) is 166 Å². The second-order valence-corrected chi connectivity index (χ2v) is 10.5. The van der Waals surface area contributed by atoms with Gasteiger partial charge in [-0.2, -0.15) is 0 Å². The zero-order valence-corrected chi connectivity index (χ0v) is 23.1. The fourth-order valence-electron chi connectivity index (χ4n) is 5.68. The van der Waals surface area contributed by atoms with Crippen LogP contribution in [-0.2, 0) is 4.74 Å². The molecule has 41 heavy (non-hydrogen) atoms. The van der Waals surface area contributed by atoms with Gasteiger partial charge in [-0.05, 0) is 45.0 Å². The summed E-state index contributed by atoms with van der Waals surface area (Å²) in [6.45, 7) is 0.00207. The van der Waals surface area contributed by atoms with Crippen molar-refractivity contribution in [2.45, 2.75) is 11.8 Å². The first-order valence-electron chi connectivity index (χ1n) is 13.6. The van der Waals surface area contributed by atoms with Gasteiger partial charge in [-0.1, -0.05) is 133 Å². The van der Waals surface area contributed by atoms with Crippen molar-refractivity contribution in [1.82, 2.24) is 5.32 Å². The Bertz CT molecular complexity index is 1620. The van der Waals surface area contributed by atoms with E-state index in [4.69, 9.17) is 16.3 Å². The lowest BCUT2D eigenvalue weighted by Gasteiger charge is -2.20. The molecule has 1 aliphatic rings. The molecule has 5 aromatic carbocycles. The quantitative estimate of drug-likeness (QED) is 0.154. The van der Waals surface area contributed by atoms with Gasteiger partial charge in [-0.25, -0.2) is 4.79 Å². The summed E-state index contributed by atoms with van der Waals surface area (Å²) in [5.74, 6) is -0.367. The minimum absolute atomic E-state index is 0.0441. The fourth-order valence-corrected chi connectivity index (χ4v) is 5.97. The fraction of sp³-hybridized carbons (Fsp3) is 0.111. The molecule has 5 heteroatoms. The molecule has 0 bridgehead atoms. The number of carbonyl (C=O) groups excluding carboxylic acids is 2. The smallest absolute Gasteiger partial charge is 0.407 e. The van der Waals surface area contributed by atoms with Crippen LogP contribution in [0.2, 0.25) is 5.02 Å². The van der Waals surface area contributed by atoms with Crippen molar-refractivity contribution < 1.29 is 14.3 Å². The number of ether oxygens (including phenoxy) is 1. The van der Waals surface area contributed by atoms with Crippen LogP contribution in [0.1, 0.15) is 50.0 Å². The van der Waals surface area contributed by atoms with Gasteiger partial charge in [0.2, 0.25) is 0 Å². The topological polar surface area (TPSA) is 55.4 Å². The largest absolute Gasteiger partial charge is 0.449 e. The Morgan fingerprint density at radius 1 is 0.707 bits per heavy atom. The summed E-state index contributed by atoms with van der Waals surface area (Å²) in [5.41, 5.74) is 8.15. The number of alkyl carbamates (subject to hydrolysis) is 1. The summed E-state index contributed by atoms with van der Waals surface area (Å²) in [5, 5.41) is 3.10. The third kappa shape index (κ3) is 5.52. The van der Waals surface area contributed by atoms with E-state index < -0.39 is 6.09 Å². The third-order valence-corrected chi connectivity index (χ3v) is 7.96. The number of fused-ring (bicyclic) bond motifs is 3. The Labute approximate surface area is 244 Å². The molecule has 0 heterocycles. The number of amides is 1. The molecule has 202 valence electrons. The zero-order valence-electron chi connectivity index (χ0n) is 22.3. The maximum atomic E-state index is 13.0. The number of Topliss-reactive ketones (excluding diaryl/α,β-unsaturated/α-hetero) is 1. The van der Waals surface area contributed by atoms with Crippen LogP contribution in [-0.4, -0.2) is 25.0 Å². The summed E-state index contributed by atoms with van der Waals surface area (Å²) >= 11 is 6.77. The van der Waals surface area contributed by atoms with E-state index in [2.05, 4.69) is 53.8 Å². The monoisotopic (exact) mass is 557 g/mol. The average Bonchev–Trinajstić information content (AvgIpc) is 3.34. The van der Waals surface area contributed by atoms with E-state index in [1.165, 1.54) is 0 Å². The minimum Gasteiger partial charge on any atom is -0.449 e. The zero-order chi connectivity index (χ0) is 28.2. The molecule has 0 unspecified atom stereocenters.